The van der Waals surface area contributed by atoms with Crippen molar-refractivity contribution >= 4 is 11.4 Å². The lowest BCUT2D eigenvalue weighted by Crippen LogP contribution is -2.09. The number of halogens is 1. The van der Waals surface area contributed by atoms with Crippen LogP contribution in [0.4, 0.5) is 15.8 Å². The molecule has 0 bridgehead atoms. The van der Waals surface area contributed by atoms with Crippen LogP contribution in [0.1, 0.15) is 30.9 Å². The number of nitrogen functional groups attached to an aromatic ring is 1. The van der Waals surface area contributed by atoms with Crippen LogP contribution >= 0.6 is 0 Å². The number of ether oxygens (including phenoxy) is 1. The highest BCUT2D eigenvalue weighted by Gasteiger charge is 2.13. The Morgan fingerprint density at radius 2 is 2.10 bits per heavy atom. The Morgan fingerprint density at radius 3 is 2.67 bits per heavy atom. The first-order valence-electron chi connectivity index (χ1n) is 6.79. The minimum atomic E-state index is -0.468. The number of anilines is 2. The van der Waals surface area contributed by atoms with Crippen LogP contribution in [0.3, 0.4) is 0 Å². The van der Waals surface area contributed by atoms with Crippen LogP contribution in [-0.4, -0.2) is 11.3 Å². The highest BCUT2D eigenvalue weighted by molar-refractivity contribution is 5.68. The summed E-state index contributed by atoms with van der Waals surface area (Å²) in [6.45, 7) is 7.89. The number of nitrogens with two attached hydrogens (primary N) is 1. The van der Waals surface area contributed by atoms with Crippen LogP contribution in [-0.2, 0) is 6.54 Å². The molecule has 114 valence electrons. The molecule has 1 aromatic carbocycles. The van der Waals surface area contributed by atoms with Crippen molar-refractivity contribution in [1.29, 1.82) is 0 Å². The average Bonchev–Trinajstić information content (AvgIpc) is 2.71. The van der Waals surface area contributed by atoms with E-state index in [9.17, 15) is 4.39 Å². The summed E-state index contributed by atoms with van der Waals surface area (Å²) in [6, 6.07) is 2.83. The summed E-state index contributed by atoms with van der Waals surface area (Å²) in [5.41, 5.74) is 8.57. The van der Waals surface area contributed by atoms with Crippen molar-refractivity contribution in [3.8, 4) is 5.75 Å². The van der Waals surface area contributed by atoms with Crippen molar-refractivity contribution in [2.24, 2.45) is 0 Å². The molecule has 1 heterocycles. The molecule has 0 aliphatic rings. The number of hydrogen-bond acceptors (Lipinski definition) is 5. The third-order valence-corrected chi connectivity index (χ3v) is 3.10. The molecule has 0 unspecified atom stereocenters. The molecular formula is C15H20FN3O2. The van der Waals surface area contributed by atoms with Crippen molar-refractivity contribution in [1.82, 2.24) is 5.16 Å². The lowest BCUT2D eigenvalue weighted by molar-refractivity contribution is 0.231. The van der Waals surface area contributed by atoms with Gasteiger partial charge in [0.1, 0.15) is 5.76 Å². The number of rotatable bonds is 5. The van der Waals surface area contributed by atoms with E-state index < -0.39 is 5.82 Å². The Kier molecular flexibility index (Phi) is 4.35. The van der Waals surface area contributed by atoms with E-state index in [-0.39, 0.29) is 11.9 Å². The van der Waals surface area contributed by atoms with Crippen LogP contribution in [0, 0.1) is 19.7 Å². The molecule has 0 fully saturated rings. The third kappa shape index (κ3) is 3.45. The lowest BCUT2D eigenvalue weighted by atomic mass is 10.2. The first-order valence-corrected chi connectivity index (χ1v) is 6.79. The van der Waals surface area contributed by atoms with Gasteiger partial charge in [0.15, 0.2) is 11.6 Å². The Bertz CT molecular complexity index is 619. The van der Waals surface area contributed by atoms with Gasteiger partial charge in [-0.3, -0.25) is 0 Å². The monoisotopic (exact) mass is 293 g/mol. The zero-order valence-electron chi connectivity index (χ0n) is 12.7. The first kappa shape index (κ1) is 15.2. The molecule has 5 nitrogen and oxygen atoms in total. The van der Waals surface area contributed by atoms with E-state index in [2.05, 4.69) is 10.5 Å². The van der Waals surface area contributed by atoms with Gasteiger partial charge in [-0.15, -0.1) is 0 Å². The lowest BCUT2D eigenvalue weighted by Gasteiger charge is -2.15. The number of hydrogen-bond donors (Lipinski definition) is 2. The fourth-order valence-electron chi connectivity index (χ4n) is 2.00. The molecule has 6 heteroatoms. The fourth-order valence-corrected chi connectivity index (χ4v) is 2.00. The minimum absolute atomic E-state index is 0.112. The fraction of sp³-hybridized carbons (Fsp3) is 0.400. The quantitative estimate of drug-likeness (QED) is 0.826. The Labute approximate surface area is 123 Å². The van der Waals surface area contributed by atoms with Gasteiger partial charge in [-0.05, 0) is 27.7 Å². The molecule has 0 atom stereocenters. The molecule has 1 aromatic heterocycles. The van der Waals surface area contributed by atoms with E-state index in [1.165, 1.54) is 6.07 Å². The van der Waals surface area contributed by atoms with Gasteiger partial charge >= 0.3 is 0 Å². The van der Waals surface area contributed by atoms with Crippen molar-refractivity contribution in [2.45, 2.75) is 40.3 Å². The van der Waals surface area contributed by atoms with Crippen LogP contribution < -0.4 is 15.8 Å². The van der Waals surface area contributed by atoms with Crippen molar-refractivity contribution in [3.63, 3.8) is 0 Å². The van der Waals surface area contributed by atoms with Crippen molar-refractivity contribution < 1.29 is 13.7 Å². The van der Waals surface area contributed by atoms with E-state index >= 15 is 0 Å². The smallest absolute Gasteiger partial charge is 0.167 e. The highest BCUT2D eigenvalue weighted by Crippen LogP contribution is 2.29. The van der Waals surface area contributed by atoms with Crippen LogP contribution in [0.2, 0.25) is 0 Å². The molecule has 2 aromatic rings. The molecule has 0 radical (unpaired) electrons. The molecule has 0 amide bonds. The summed E-state index contributed by atoms with van der Waals surface area (Å²) in [4.78, 5) is 0. The third-order valence-electron chi connectivity index (χ3n) is 3.10. The summed E-state index contributed by atoms with van der Waals surface area (Å²) in [5, 5.41) is 7.06. The van der Waals surface area contributed by atoms with Crippen molar-refractivity contribution in [3.05, 3.63) is 35.0 Å². The predicted octanol–water partition coefficient (Wildman–Crippen LogP) is 3.41. The number of benzene rings is 1. The SMILES string of the molecule is Cc1noc(C)c1CNc1cc(OC(C)C)c(F)cc1N. The topological polar surface area (TPSA) is 73.3 Å². The maximum Gasteiger partial charge on any atom is 0.167 e. The van der Waals surface area contributed by atoms with Crippen LogP contribution in [0.25, 0.3) is 0 Å². The van der Waals surface area contributed by atoms with E-state index in [1.54, 1.807) is 6.07 Å². The molecular weight excluding hydrogens is 273 g/mol. The summed E-state index contributed by atoms with van der Waals surface area (Å²) in [5.74, 6) is 0.462. The molecule has 0 saturated carbocycles. The number of nitrogens with one attached hydrogen (secondary N) is 1. The second-order valence-corrected chi connectivity index (χ2v) is 5.19. The second kappa shape index (κ2) is 6.03. The highest BCUT2D eigenvalue weighted by atomic mass is 19.1. The molecule has 3 N–H and O–H groups in total. The zero-order valence-corrected chi connectivity index (χ0v) is 12.7. The molecule has 0 spiro atoms. The van der Waals surface area contributed by atoms with Crippen LogP contribution in [0.5, 0.6) is 5.75 Å². The number of aromatic nitrogens is 1. The van der Waals surface area contributed by atoms with E-state index in [1.807, 2.05) is 27.7 Å². The Balaban J connectivity index is 2.20. The van der Waals surface area contributed by atoms with Gasteiger partial charge in [-0.25, -0.2) is 4.39 Å². The van der Waals surface area contributed by atoms with Gasteiger partial charge in [0.05, 0.1) is 23.2 Å². The van der Waals surface area contributed by atoms with E-state index in [0.29, 0.717) is 17.9 Å². The normalized spacial score (nSPS) is 11.0. The summed E-state index contributed by atoms with van der Waals surface area (Å²) >= 11 is 0. The summed E-state index contributed by atoms with van der Waals surface area (Å²) in [7, 11) is 0. The van der Waals surface area contributed by atoms with Gasteiger partial charge in [-0.1, -0.05) is 5.16 Å². The van der Waals surface area contributed by atoms with Gasteiger partial charge < -0.3 is 20.3 Å². The molecule has 21 heavy (non-hydrogen) atoms. The molecule has 0 aliphatic carbocycles. The molecule has 0 saturated heterocycles. The first-order chi connectivity index (χ1) is 9.88. The Morgan fingerprint density at radius 1 is 1.38 bits per heavy atom. The number of nitrogens with zero attached hydrogens (tertiary/aromatic N) is 1. The minimum Gasteiger partial charge on any atom is -0.488 e. The second-order valence-electron chi connectivity index (χ2n) is 5.19. The summed E-state index contributed by atoms with van der Waals surface area (Å²) < 4.78 is 24.3. The van der Waals surface area contributed by atoms with Gasteiger partial charge in [0.25, 0.3) is 0 Å². The zero-order chi connectivity index (χ0) is 15.6. The maximum atomic E-state index is 13.8. The Hall–Kier alpha value is -2.24. The van der Waals surface area contributed by atoms with E-state index in [0.717, 1.165) is 17.0 Å². The van der Waals surface area contributed by atoms with Gasteiger partial charge in [0, 0.05) is 24.2 Å². The standard InChI is InChI=1S/C15H20FN3O2/c1-8(2)20-15-6-14(13(17)5-12(15)16)18-7-11-9(3)19-21-10(11)4/h5-6,8,18H,7,17H2,1-4H3. The summed E-state index contributed by atoms with van der Waals surface area (Å²) in [6.07, 6.45) is -0.112. The van der Waals surface area contributed by atoms with Gasteiger partial charge in [-0.2, -0.15) is 0 Å². The van der Waals surface area contributed by atoms with Gasteiger partial charge in [0.2, 0.25) is 0 Å². The van der Waals surface area contributed by atoms with E-state index in [4.69, 9.17) is 15.0 Å². The van der Waals surface area contributed by atoms with Crippen LogP contribution in [0.15, 0.2) is 16.7 Å². The maximum absolute atomic E-state index is 13.8. The van der Waals surface area contributed by atoms with Crippen molar-refractivity contribution in [2.75, 3.05) is 11.1 Å². The number of aryl methyl sites for hydroxylation is 2. The molecule has 0 aliphatic heterocycles. The molecule has 2 rings (SSSR count). The predicted molar refractivity (Wildman–Crippen MR) is 79.9 cm³/mol. The largest absolute Gasteiger partial charge is 0.488 e. The average molecular weight is 293 g/mol.